The second-order valence-corrected chi connectivity index (χ2v) is 7.85. The van der Waals surface area contributed by atoms with Gasteiger partial charge in [-0.25, -0.2) is 0 Å². The fourth-order valence-corrected chi connectivity index (χ4v) is 4.72. The molecule has 152 valence electrons. The number of amides is 2. The predicted molar refractivity (Wildman–Crippen MR) is 116 cm³/mol. The fraction of sp³-hybridized carbons (Fsp3) is 0.250. The molecule has 0 spiro atoms. The summed E-state index contributed by atoms with van der Waals surface area (Å²) in [7, 11) is 1.60. The maximum atomic E-state index is 13.0. The van der Waals surface area contributed by atoms with E-state index in [1.54, 1.807) is 19.2 Å². The van der Waals surface area contributed by atoms with Gasteiger partial charge in [-0.05, 0) is 49.1 Å². The Labute approximate surface area is 174 Å². The van der Waals surface area contributed by atoms with Gasteiger partial charge in [-0.1, -0.05) is 30.3 Å². The summed E-state index contributed by atoms with van der Waals surface area (Å²) in [4.78, 5) is 25.8. The summed E-state index contributed by atoms with van der Waals surface area (Å²) in [5.41, 5.74) is 10.6. The number of benzene rings is 2. The van der Waals surface area contributed by atoms with Crippen LogP contribution in [0.1, 0.15) is 23.2 Å². The molecule has 2 aliphatic rings. The van der Waals surface area contributed by atoms with Crippen LogP contribution in [0.2, 0.25) is 0 Å². The SMILES string of the molecule is COc1ccc(C2=C(c3c4n(c5ccccc35)CCC(CN)C4)C(=O)NC2=O)cc1. The van der Waals surface area contributed by atoms with Crippen molar-refractivity contribution < 1.29 is 14.3 Å². The smallest absolute Gasteiger partial charge is 0.259 e. The Bertz CT molecular complexity index is 1200. The quantitative estimate of drug-likeness (QED) is 0.658. The zero-order chi connectivity index (χ0) is 20.8. The molecule has 3 N–H and O–H groups in total. The van der Waals surface area contributed by atoms with Crippen molar-refractivity contribution in [1.29, 1.82) is 0 Å². The van der Waals surface area contributed by atoms with Gasteiger partial charge in [-0.3, -0.25) is 14.9 Å². The Balaban J connectivity index is 1.80. The number of ether oxygens (including phenoxy) is 1. The number of aromatic nitrogens is 1. The summed E-state index contributed by atoms with van der Waals surface area (Å²) < 4.78 is 7.52. The first-order valence-electron chi connectivity index (χ1n) is 10.2. The van der Waals surface area contributed by atoms with Gasteiger partial charge >= 0.3 is 0 Å². The van der Waals surface area contributed by atoms with Gasteiger partial charge in [0.2, 0.25) is 0 Å². The van der Waals surface area contributed by atoms with Crippen LogP contribution in [-0.2, 0) is 22.6 Å². The van der Waals surface area contributed by atoms with Gasteiger partial charge in [0.15, 0.2) is 0 Å². The molecule has 1 atom stereocenters. The number of aryl methyl sites for hydroxylation is 1. The predicted octanol–water partition coefficient (Wildman–Crippen LogP) is 2.74. The van der Waals surface area contributed by atoms with Crippen molar-refractivity contribution in [3.8, 4) is 5.75 Å². The number of para-hydroxylation sites is 1. The summed E-state index contributed by atoms with van der Waals surface area (Å²) in [6, 6.07) is 15.3. The van der Waals surface area contributed by atoms with Gasteiger partial charge in [-0.2, -0.15) is 0 Å². The lowest BCUT2D eigenvalue weighted by atomic mass is 9.89. The van der Waals surface area contributed by atoms with Crippen LogP contribution < -0.4 is 15.8 Å². The number of carbonyl (C=O) groups excluding carboxylic acids is 2. The average molecular weight is 401 g/mol. The van der Waals surface area contributed by atoms with Crippen molar-refractivity contribution >= 4 is 33.9 Å². The van der Waals surface area contributed by atoms with Gasteiger partial charge in [-0.15, -0.1) is 0 Å². The number of nitrogens with two attached hydrogens (primary N) is 1. The van der Waals surface area contributed by atoms with Crippen LogP contribution in [0.25, 0.3) is 22.0 Å². The third-order valence-corrected chi connectivity index (χ3v) is 6.21. The lowest BCUT2D eigenvalue weighted by molar-refractivity contribution is -0.122. The molecule has 0 saturated heterocycles. The van der Waals surface area contributed by atoms with Crippen molar-refractivity contribution in [2.45, 2.75) is 19.4 Å². The fourth-order valence-electron chi connectivity index (χ4n) is 4.72. The van der Waals surface area contributed by atoms with Gasteiger partial charge < -0.3 is 15.0 Å². The Morgan fingerprint density at radius 1 is 1.07 bits per heavy atom. The normalized spacial score (nSPS) is 18.7. The maximum Gasteiger partial charge on any atom is 0.259 e. The number of hydrogen-bond acceptors (Lipinski definition) is 4. The summed E-state index contributed by atoms with van der Waals surface area (Å²) in [6.45, 7) is 1.47. The highest BCUT2D eigenvalue weighted by Gasteiger charge is 2.37. The van der Waals surface area contributed by atoms with E-state index < -0.39 is 0 Å². The third kappa shape index (κ3) is 2.75. The molecule has 6 nitrogen and oxygen atoms in total. The van der Waals surface area contributed by atoms with Crippen molar-refractivity contribution in [3.63, 3.8) is 0 Å². The van der Waals surface area contributed by atoms with Crippen molar-refractivity contribution in [1.82, 2.24) is 9.88 Å². The van der Waals surface area contributed by atoms with Crippen LogP contribution in [0.3, 0.4) is 0 Å². The molecule has 0 aliphatic carbocycles. The van der Waals surface area contributed by atoms with Gasteiger partial charge in [0.05, 0.1) is 18.3 Å². The van der Waals surface area contributed by atoms with Gasteiger partial charge in [0.1, 0.15) is 5.75 Å². The molecule has 6 heteroatoms. The number of nitrogens with zero attached hydrogens (tertiary/aromatic N) is 1. The highest BCUT2D eigenvalue weighted by molar-refractivity contribution is 6.50. The molecular formula is C24H23N3O3. The zero-order valence-corrected chi connectivity index (χ0v) is 16.8. The highest BCUT2D eigenvalue weighted by atomic mass is 16.5. The maximum absolute atomic E-state index is 13.0. The Morgan fingerprint density at radius 3 is 2.53 bits per heavy atom. The molecule has 3 aromatic rings. The van der Waals surface area contributed by atoms with Crippen LogP contribution >= 0.6 is 0 Å². The van der Waals surface area contributed by atoms with E-state index in [1.807, 2.05) is 30.3 Å². The van der Waals surface area contributed by atoms with E-state index in [1.165, 1.54) is 0 Å². The van der Waals surface area contributed by atoms with Crippen LogP contribution in [-0.4, -0.2) is 30.0 Å². The molecule has 0 saturated carbocycles. The summed E-state index contributed by atoms with van der Waals surface area (Å²) in [5, 5.41) is 3.51. The molecule has 2 amide bonds. The van der Waals surface area contributed by atoms with Crippen LogP contribution in [0.5, 0.6) is 5.75 Å². The van der Waals surface area contributed by atoms with E-state index in [4.69, 9.17) is 10.5 Å². The lowest BCUT2D eigenvalue weighted by Crippen LogP contribution is -2.26. The van der Waals surface area contributed by atoms with Crippen molar-refractivity contribution in [2.75, 3.05) is 13.7 Å². The summed E-state index contributed by atoms with van der Waals surface area (Å²) in [6.07, 6.45) is 1.80. The molecule has 5 rings (SSSR count). The number of carbonyl (C=O) groups is 2. The summed E-state index contributed by atoms with van der Waals surface area (Å²) in [5.74, 6) is 0.351. The van der Waals surface area contributed by atoms with Crippen molar-refractivity contribution in [3.05, 3.63) is 65.4 Å². The minimum absolute atomic E-state index is 0.347. The Kier molecular flexibility index (Phi) is 4.44. The third-order valence-electron chi connectivity index (χ3n) is 6.21. The van der Waals surface area contributed by atoms with E-state index >= 15 is 0 Å². The van der Waals surface area contributed by atoms with Crippen LogP contribution in [0.4, 0.5) is 0 Å². The number of imide groups is 1. The minimum atomic E-state index is -0.365. The standard InChI is InChI=1S/C24H23N3O3/c1-30-16-8-6-15(7-9-16)20-22(24(29)26-23(20)28)21-17-4-2-3-5-18(17)27-11-10-14(13-25)12-19(21)27/h2-9,14H,10-13,25H2,1H3,(H,26,28,29). The first-order valence-corrected chi connectivity index (χ1v) is 10.2. The molecule has 0 radical (unpaired) electrons. The molecule has 3 heterocycles. The van der Waals surface area contributed by atoms with E-state index in [-0.39, 0.29) is 11.8 Å². The summed E-state index contributed by atoms with van der Waals surface area (Å²) >= 11 is 0. The number of hydrogen-bond donors (Lipinski definition) is 2. The number of methoxy groups -OCH3 is 1. The highest BCUT2D eigenvalue weighted by Crippen LogP contribution is 2.41. The minimum Gasteiger partial charge on any atom is -0.497 e. The van der Waals surface area contributed by atoms with Gasteiger partial charge in [0, 0.05) is 28.7 Å². The van der Waals surface area contributed by atoms with Crippen molar-refractivity contribution in [2.24, 2.45) is 11.7 Å². The molecular weight excluding hydrogens is 378 g/mol. The molecule has 0 bridgehead atoms. The molecule has 2 aliphatic heterocycles. The molecule has 1 aromatic heterocycles. The largest absolute Gasteiger partial charge is 0.497 e. The molecule has 2 aromatic carbocycles. The zero-order valence-electron chi connectivity index (χ0n) is 16.8. The number of nitrogens with one attached hydrogen (secondary N) is 1. The Hall–Kier alpha value is -3.38. The van der Waals surface area contributed by atoms with Crippen LogP contribution in [0.15, 0.2) is 48.5 Å². The van der Waals surface area contributed by atoms with E-state index in [9.17, 15) is 9.59 Å². The topological polar surface area (TPSA) is 86.3 Å². The average Bonchev–Trinajstić information content (AvgIpc) is 3.25. The molecule has 0 fully saturated rings. The molecule has 1 unspecified atom stereocenters. The second-order valence-electron chi connectivity index (χ2n) is 7.85. The van der Waals surface area contributed by atoms with E-state index in [2.05, 4.69) is 16.0 Å². The number of fused-ring (bicyclic) bond motifs is 3. The lowest BCUT2D eigenvalue weighted by Gasteiger charge is -2.25. The number of rotatable bonds is 4. The second kappa shape index (κ2) is 7.15. The van der Waals surface area contributed by atoms with E-state index in [0.717, 1.165) is 41.5 Å². The Morgan fingerprint density at radius 2 is 1.80 bits per heavy atom. The van der Waals surface area contributed by atoms with Gasteiger partial charge in [0.25, 0.3) is 11.8 Å². The monoisotopic (exact) mass is 401 g/mol. The van der Waals surface area contributed by atoms with Crippen LogP contribution in [0, 0.1) is 5.92 Å². The first kappa shape index (κ1) is 18.6. The molecule has 30 heavy (non-hydrogen) atoms. The van der Waals surface area contributed by atoms with E-state index in [0.29, 0.717) is 34.9 Å². The first-order chi connectivity index (χ1) is 14.6.